The van der Waals surface area contributed by atoms with Crippen LogP contribution in [0.2, 0.25) is 0 Å². The van der Waals surface area contributed by atoms with E-state index >= 15 is 0 Å². The van der Waals surface area contributed by atoms with E-state index in [4.69, 9.17) is 9.47 Å². The first-order valence-electron chi connectivity index (χ1n) is 9.94. The molecule has 2 rings (SSSR count). The van der Waals surface area contributed by atoms with E-state index in [1.807, 2.05) is 60.7 Å². The summed E-state index contributed by atoms with van der Waals surface area (Å²) in [5, 5.41) is 5.01. The van der Waals surface area contributed by atoms with Gasteiger partial charge in [0.15, 0.2) is 5.78 Å². The summed E-state index contributed by atoms with van der Waals surface area (Å²) in [6.45, 7) is 1.53. The minimum absolute atomic E-state index is 0.0599. The Kier molecular flexibility index (Phi) is 9.74. The van der Waals surface area contributed by atoms with Gasteiger partial charge in [0.2, 0.25) is 5.91 Å². The molecule has 2 aromatic carbocycles. The van der Waals surface area contributed by atoms with Gasteiger partial charge in [-0.3, -0.25) is 14.4 Å². The summed E-state index contributed by atoms with van der Waals surface area (Å²) in [6, 6.07) is 17.3. The molecule has 1 atom stereocenters. The van der Waals surface area contributed by atoms with Gasteiger partial charge < -0.3 is 20.1 Å². The van der Waals surface area contributed by atoms with Crippen LogP contribution in [0.25, 0.3) is 0 Å². The Morgan fingerprint density at radius 2 is 1.48 bits per heavy atom. The van der Waals surface area contributed by atoms with Crippen LogP contribution in [-0.4, -0.2) is 42.9 Å². The van der Waals surface area contributed by atoms with Crippen molar-refractivity contribution in [1.29, 1.82) is 0 Å². The molecule has 8 heteroatoms. The number of hydrogen-bond donors (Lipinski definition) is 2. The van der Waals surface area contributed by atoms with Gasteiger partial charge in [-0.05, 0) is 18.1 Å². The van der Waals surface area contributed by atoms with Crippen LogP contribution in [-0.2, 0) is 36.9 Å². The zero-order valence-electron chi connectivity index (χ0n) is 17.3. The lowest BCUT2D eigenvalue weighted by Gasteiger charge is -2.18. The third-order valence-corrected chi connectivity index (χ3v) is 4.21. The number of ketones is 1. The third kappa shape index (κ3) is 9.12. The fourth-order valence-electron chi connectivity index (χ4n) is 2.71. The van der Waals surface area contributed by atoms with Gasteiger partial charge in [0.05, 0.1) is 13.2 Å². The molecule has 2 amide bonds. The maximum absolute atomic E-state index is 12.6. The molecule has 0 heterocycles. The summed E-state index contributed by atoms with van der Waals surface area (Å²) >= 11 is 0. The molecule has 2 aromatic rings. The van der Waals surface area contributed by atoms with E-state index in [0.717, 1.165) is 11.1 Å². The molecule has 0 aliphatic heterocycles. The molecule has 1 unspecified atom stereocenters. The Morgan fingerprint density at radius 3 is 2.10 bits per heavy atom. The molecule has 0 aliphatic carbocycles. The molecule has 164 valence electrons. The molecule has 31 heavy (non-hydrogen) atoms. The second-order valence-corrected chi connectivity index (χ2v) is 6.69. The quantitative estimate of drug-likeness (QED) is 0.421. The van der Waals surface area contributed by atoms with Crippen molar-refractivity contribution < 1.29 is 28.7 Å². The van der Waals surface area contributed by atoms with Gasteiger partial charge in [0.1, 0.15) is 19.1 Å². The van der Waals surface area contributed by atoms with Crippen LogP contribution in [0.5, 0.6) is 0 Å². The van der Waals surface area contributed by atoms with E-state index < -0.39 is 36.2 Å². The molecule has 0 radical (unpaired) electrons. The fraction of sp³-hybridized carbons (Fsp3) is 0.304. The predicted molar refractivity (Wildman–Crippen MR) is 113 cm³/mol. The van der Waals surface area contributed by atoms with Crippen LogP contribution in [0, 0.1) is 0 Å². The Labute approximate surface area is 180 Å². The topological polar surface area (TPSA) is 111 Å². The molecule has 8 nitrogen and oxygen atoms in total. The van der Waals surface area contributed by atoms with E-state index in [1.165, 1.54) is 0 Å². The van der Waals surface area contributed by atoms with Crippen molar-refractivity contribution in [3.8, 4) is 0 Å². The largest absolute Gasteiger partial charge is 0.466 e. The van der Waals surface area contributed by atoms with Gasteiger partial charge in [0, 0.05) is 6.42 Å². The first-order valence-corrected chi connectivity index (χ1v) is 9.94. The van der Waals surface area contributed by atoms with E-state index in [2.05, 4.69) is 10.6 Å². The van der Waals surface area contributed by atoms with Crippen LogP contribution in [0.4, 0.5) is 4.79 Å². The molecule has 2 N–H and O–H groups in total. The summed E-state index contributed by atoms with van der Waals surface area (Å²) < 4.78 is 9.91. The van der Waals surface area contributed by atoms with Gasteiger partial charge >= 0.3 is 12.1 Å². The predicted octanol–water partition coefficient (Wildman–Crippen LogP) is 2.16. The molecular weight excluding hydrogens is 400 g/mol. The standard InChI is InChI=1S/C23H26N2O6/c1-2-30-21(27)14-19(26)15-24-22(28)20(13-17-9-5-3-6-10-17)25-23(29)31-16-18-11-7-4-8-12-18/h3-12,20H,2,13-16H2,1H3,(H,24,28)(H,25,29). The smallest absolute Gasteiger partial charge is 0.408 e. The van der Waals surface area contributed by atoms with Crippen LogP contribution >= 0.6 is 0 Å². The third-order valence-electron chi connectivity index (χ3n) is 4.21. The van der Waals surface area contributed by atoms with Crippen molar-refractivity contribution in [2.24, 2.45) is 0 Å². The summed E-state index contributed by atoms with van der Waals surface area (Å²) in [5.41, 5.74) is 1.63. The normalized spacial score (nSPS) is 11.1. The summed E-state index contributed by atoms with van der Waals surface area (Å²) in [6.07, 6.45) is -0.971. The lowest BCUT2D eigenvalue weighted by molar-refractivity contribution is -0.145. The molecule has 0 spiro atoms. The average molecular weight is 426 g/mol. The maximum Gasteiger partial charge on any atom is 0.408 e. The van der Waals surface area contributed by atoms with Gasteiger partial charge in [-0.15, -0.1) is 0 Å². The average Bonchev–Trinajstić information content (AvgIpc) is 2.77. The fourth-order valence-corrected chi connectivity index (χ4v) is 2.71. The molecule has 0 aromatic heterocycles. The monoisotopic (exact) mass is 426 g/mol. The minimum Gasteiger partial charge on any atom is -0.466 e. The number of benzene rings is 2. The molecular formula is C23H26N2O6. The molecule has 0 saturated heterocycles. The number of esters is 1. The van der Waals surface area contributed by atoms with E-state index in [-0.39, 0.29) is 26.2 Å². The Hall–Kier alpha value is -3.68. The molecule has 0 bridgehead atoms. The Balaban J connectivity index is 1.93. The number of carbonyl (C=O) groups excluding carboxylic acids is 4. The number of ether oxygens (including phenoxy) is 2. The van der Waals surface area contributed by atoms with E-state index in [9.17, 15) is 19.2 Å². The van der Waals surface area contributed by atoms with Crippen LogP contribution < -0.4 is 10.6 Å². The lowest BCUT2D eigenvalue weighted by Crippen LogP contribution is -2.49. The van der Waals surface area contributed by atoms with Crippen molar-refractivity contribution in [3.05, 3.63) is 71.8 Å². The number of rotatable bonds is 11. The van der Waals surface area contributed by atoms with Crippen molar-refractivity contribution in [2.75, 3.05) is 13.2 Å². The van der Waals surface area contributed by atoms with Crippen LogP contribution in [0.3, 0.4) is 0 Å². The number of alkyl carbamates (subject to hydrolysis) is 1. The number of hydrogen-bond acceptors (Lipinski definition) is 6. The highest BCUT2D eigenvalue weighted by atomic mass is 16.5. The summed E-state index contributed by atoms with van der Waals surface area (Å²) in [5.74, 6) is -1.69. The lowest BCUT2D eigenvalue weighted by atomic mass is 10.1. The summed E-state index contributed by atoms with van der Waals surface area (Å²) in [4.78, 5) is 48.1. The second-order valence-electron chi connectivity index (χ2n) is 6.69. The van der Waals surface area contributed by atoms with E-state index in [1.54, 1.807) is 6.92 Å². The number of Topliss-reactive ketones (excluding diaryl/α,β-unsaturated/α-hetero) is 1. The first kappa shape index (κ1) is 23.6. The van der Waals surface area contributed by atoms with Crippen LogP contribution in [0.1, 0.15) is 24.5 Å². The van der Waals surface area contributed by atoms with Crippen molar-refractivity contribution >= 4 is 23.8 Å². The highest BCUT2D eigenvalue weighted by Crippen LogP contribution is 2.05. The SMILES string of the molecule is CCOC(=O)CC(=O)CNC(=O)C(Cc1ccccc1)NC(=O)OCc1ccccc1. The molecule has 0 aliphatic rings. The zero-order chi connectivity index (χ0) is 22.5. The van der Waals surface area contributed by atoms with Crippen LogP contribution in [0.15, 0.2) is 60.7 Å². The van der Waals surface area contributed by atoms with Gasteiger partial charge in [-0.25, -0.2) is 4.79 Å². The van der Waals surface area contributed by atoms with Crippen molar-refractivity contribution in [2.45, 2.75) is 32.4 Å². The number of amides is 2. The number of nitrogens with one attached hydrogen (secondary N) is 2. The Bertz CT molecular complexity index is 870. The van der Waals surface area contributed by atoms with Crippen molar-refractivity contribution in [3.63, 3.8) is 0 Å². The van der Waals surface area contributed by atoms with Crippen molar-refractivity contribution in [1.82, 2.24) is 10.6 Å². The van der Waals surface area contributed by atoms with Gasteiger partial charge in [-0.1, -0.05) is 60.7 Å². The second kappa shape index (κ2) is 12.8. The summed E-state index contributed by atoms with van der Waals surface area (Å²) in [7, 11) is 0. The van der Waals surface area contributed by atoms with Gasteiger partial charge in [0.25, 0.3) is 0 Å². The first-order chi connectivity index (χ1) is 15.0. The van der Waals surface area contributed by atoms with E-state index in [0.29, 0.717) is 0 Å². The maximum atomic E-state index is 12.6. The molecule has 0 fully saturated rings. The molecule has 0 saturated carbocycles. The highest BCUT2D eigenvalue weighted by Gasteiger charge is 2.23. The van der Waals surface area contributed by atoms with Gasteiger partial charge in [-0.2, -0.15) is 0 Å². The zero-order valence-corrected chi connectivity index (χ0v) is 17.3. The Morgan fingerprint density at radius 1 is 0.871 bits per heavy atom. The number of carbonyl (C=O) groups is 4. The highest BCUT2D eigenvalue weighted by molar-refractivity contribution is 5.98. The minimum atomic E-state index is -0.957.